The number of amides is 1. The molecule has 1 amide bonds. The van der Waals surface area contributed by atoms with Gasteiger partial charge in [0.05, 0.1) is 0 Å². The van der Waals surface area contributed by atoms with Gasteiger partial charge in [-0.25, -0.2) is 8.78 Å². The number of carbonyl (C=O) groups excluding carboxylic acids is 1. The SMILES string of the molecule is CC.CC(C)(CCCc1c(F)cccc1F)CCNC=O.CCC. The molecule has 0 aliphatic rings. The van der Waals surface area contributed by atoms with Crippen LogP contribution in [0, 0.1) is 17.0 Å². The number of nitrogens with one attached hydrogen (secondary N) is 1. The molecule has 24 heavy (non-hydrogen) atoms. The van der Waals surface area contributed by atoms with E-state index < -0.39 is 11.6 Å². The molecule has 0 bridgehead atoms. The zero-order chi connectivity index (χ0) is 19.0. The highest BCUT2D eigenvalue weighted by Crippen LogP contribution is 2.27. The second-order valence-electron chi connectivity index (χ2n) is 6.25. The Morgan fingerprint density at radius 2 is 1.58 bits per heavy atom. The maximum atomic E-state index is 13.4. The third-order valence-corrected chi connectivity index (χ3v) is 3.37. The molecule has 1 aromatic rings. The molecule has 140 valence electrons. The van der Waals surface area contributed by atoms with E-state index in [0.717, 1.165) is 19.3 Å². The van der Waals surface area contributed by atoms with Crippen LogP contribution in [0.1, 0.15) is 72.8 Å². The lowest BCUT2D eigenvalue weighted by Crippen LogP contribution is -2.21. The van der Waals surface area contributed by atoms with Crippen molar-refractivity contribution >= 4 is 6.41 Å². The van der Waals surface area contributed by atoms with Crippen molar-refractivity contribution in [1.82, 2.24) is 5.32 Å². The highest BCUT2D eigenvalue weighted by Gasteiger charge is 2.17. The molecular formula is C20H35F2NO. The van der Waals surface area contributed by atoms with E-state index in [9.17, 15) is 13.6 Å². The van der Waals surface area contributed by atoms with Crippen molar-refractivity contribution in [1.29, 1.82) is 0 Å². The van der Waals surface area contributed by atoms with Crippen molar-refractivity contribution in [2.45, 2.75) is 73.6 Å². The Balaban J connectivity index is 0. The number of hydrogen-bond acceptors (Lipinski definition) is 1. The number of hydrogen-bond donors (Lipinski definition) is 1. The van der Waals surface area contributed by atoms with Gasteiger partial charge in [0.25, 0.3) is 0 Å². The summed E-state index contributed by atoms with van der Waals surface area (Å²) in [7, 11) is 0. The molecule has 0 aliphatic carbocycles. The second-order valence-corrected chi connectivity index (χ2v) is 6.25. The van der Waals surface area contributed by atoms with Gasteiger partial charge in [0.15, 0.2) is 0 Å². The summed E-state index contributed by atoms with van der Waals surface area (Å²) < 4.78 is 26.9. The molecule has 0 heterocycles. The second kappa shape index (κ2) is 15.1. The predicted molar refractivity (Wildman–Crippen MR) is 99.1 cm³/mol. The van der Waals surface area contributed by atoms with Crippen LogP contribution in [0.2, 0.25) is 0 Å². The topological polar surface area (TPSA) is 29.1 Å². The summed E-state index contributed by atoms with van der Waals surface area (Å²) in [6.07, 6.45) is 4.78. The standard InChI is InChI=1S/C15H21F2NO.C3H8.C2H6/c1-15(2,9-10-18-11-19)8-4-5-12-13(16)6-3-7-14(12)17;1-3-2;1-2/h3,6-7,11H,4-5,8-10H2,1-2H3,(H,18,19);3H2,1-2H3;1-2H3. The van der Waals surface area contributed by atoms with Crippen molar-refractivity contribution in [3.8, 4) is 0 Å². The van der Waals surface area contributed by atoms with E-state index in [1.165, 1.54) is 24.6 Å². The number of rotatable bonds is 8. The van der Waals surface area contributed by atoms with Gasteiger partial charge in [0.1, 0.15) is 11.6 Å². The quantitative estimate of drug-likeness (QED) is 0.462. The van der Waals surface area contributed by atoms with Crippen LogP contribution in [-0.4, -0.2) is 13.0 Å². The Morgan fingerprint density at radius 3 is 2.04 bits per heavy atom. The molecule has 0 aromatic heterocycles. The molecule has 0 atom stereocenters. The fourth-order valence-electron chi connectivity index (χ4n) is 2.11. The van der Waals surface area contributed by atoms with Gasteiger partial charge in [-0.2, -0.15) is 0 Å². The van der Waals surface area contributed by atoms with E-state index in [4.69, 9.17) is 0 Å². The Hall–Kier alpha value is -1.45. The van der Waals surface area contributed by atoms with Gasteiger partial charge in [0.2, 0.25) is 6.41 Å². The minimum Gasteiger partial charge on any atom is -0.359 e. The fourth-order valence-corrected chi connectivity index (χ4v) is 2.11. The first-order valence-corrected chi connectivity index (χ1v) is 8.97. The highest BCUT2D eigenvalue weighted by molar-refractivity contribution is 5.45. The van der Waals surface area contributed by atoms with Gasteiger partial charge in [-0.3, -0.25) is 4.79 Å². The molecule has 1 aromatic carbocycles. The molecule has 0 unspecified atom stereocenters. The van der Waals surface area contributed by atoms with Gasteiger partial charge in [-0.05, 0) is 43.2 Å². The van der Waals surface area contributed by atoms with E-state index in [-0.39, 0.29) is 11.0 Å². The molecule has 2 nitrogen and oxygen atoms in total. The Labute approximate surface area is 147 Å². The zero-order valence-electron chi connectivity index (χ0n) is 16.2. The van der Waals surface area contributed by atoms with Crippen molar-refractivity contribution < 1.29 is 13.6 Å². The molecule has 4 heteroatoms. The number of carbonyl (C=O) groups is 1. The van der Waals surface area contributed by atoms with Crippen LogP contribution in [-0.2, 0) is 11.2 Å². The van der Waals surface area contributed by atoms with Crippen molar-refractivity contribution in [2.24, 2.45) is 5.41 Å². The first-order valence-electron chi connectivity index (χ1n) is 8.97. The van der Waals surface area contributed by atoms with Crippen LogP contribution in [0.4, 0.5) is 8.78 Å². The van der Waals surface area contributed by atoms with E-state index >= 15 is 0 Å². The minimum absolute atomic E-state index is 0.0533. The summed E-state index contributed by atoms with van der Waals surface area (Å²) >= 11 is 0. The summed E-state index contributed by atoms with van der Waals surface area (Å²) in [6.45, 7) is 13.1. The monoisotopic (exact) mass is 343 g/mol. The number of benzene rings is 1. The zero-order valence-corrected chi connectivity index (χ0v) is 16.2. The van der Waals surface area contributed by atoms with Gasteiger partial charge in [-0.15, -0.1) is 0 Å². The van der Waals surface area contributed by atoms with E-state index in [1.54, 1.807) is 0 Å². The van der Waals surface area contributed by atoms with Crippen molar-refractivity contribution in [3.63, 3.8) is 0 Å². The third kappa shape index (κ3) is 12.0. The van der Waals surface area contributed by atoms with Crippen LogP contribution in [0.3, 0.4) is 0 Å². The summed E-state index contributed by atoms with van der Waals surface area (Å²) in [5.41, 5.74) is 0.224. The average Bonchev–Trinajstić information content (AvgIpc) is 2.53. The first-order chi connectivity index (χ1) is 11.4. The van der Waals surface area contributed by atoms with E-state index in [2.05, 4.69) is 33.0 Å². The smallest absolute Gasteiger partial charge is 0.207 e. The van der Waals surface area contributed by atoms with Gasteiger partial charge in [-0.1, -0.05) is 54.0 Å². The van der Waals surface area contributed by atoms with Crippen molar-refractivity contribution in [3.05, 3.63) is 35.4 Å². The fraction of sp³-hybridized carbons (Fsp3) is 0.650. The lowest BCUT2D eigenvalue weighted by atomic mass is 9.83. The summed E-state index contributed by atoms with van der Waals surface area (Å²) in [4.78, 5) is 10.2. The molecule has 1 rings (SSSR count). The maximum Gasteiger partial charge on any atom is 0.207 e. The molecular weight excluding hydrogens is 308 g/mol. The first kappa shape index (κ1) is 24.8. The maximum absolute atomic E-state index is 13.4. The summed E-state index contributed by atoms with van der Waals surface area (Å²) in [5.74, 6) is -0.944. The predicted octanol–water partition coefficient (Wildman–Crippen LogP) is 5.89. The van der Waals surface area contributed by atoms with Crippen LogP contribution in [0.15, 0.2) is 18.2 Å². The largest absolute Gasteiger partial charge is 0.359 e. The van der Waals surface area contributed by atoms with Crippen LogP contribution in [0.5, 0.6) is 0 Å². The van der Waals surface area contributed by atoms with Crippen LogP contribution < -0.4 is 5.32 Å². The van der Waals surface area contributed by atoms with E-state index in [1.807, 2.05) is 13.8 Å². The Bertz CT molecular complexity index is 413. The Morgan fingerprint density at radius 1 is 1.08 bits per heavy atom. The molecule has 1 N–H and O–H groups in total. The highest BCUT2D eigenvalue weighted by atomic mass is 19.1. The summed E-state index contributed by atoms with van der Waals surface area (Å²) in [6, 6.07) is 3.96. The normalized spacial score (nSPS) is 10.0. The van der Waals surface area contributed by atoms with Crippen LogP contribution in [0.25, 0.3) is 0 Å². The molecule has 0 spiro atoms. The summed E-state index contributed by atoms with van der Waals surface area (Å²) in [5, 5.41) is 2.63. The lowest BCUT2D eigenvalue weighted by molar-refractivity contribution is -0.109. The van der Waals surface area contributed by atoms with Gasteiger partial charge in [0, 0.05) is 12.1 Å². The van der Waals surface area contributed by atoms with Crippen molar-refractivity contribution in [2.75, 3.05) is 6.54 Å². The van der Waals surface area contributed by atoms with Gasteiger partial charge >= 0.3 is 0 Å². The van der Waals surface area contributed by atoms with E-state index in [0.29, 0.717) is 19.4 Å². The Kier molecular flexibility index (Phi) is 15.6. The minimum atomic E-state index is -0.472. The van der Waals surface area contributed by atoms with Crippen LogP contribution >= 0.6 is 0 Å². The lowest BCUT2D eigenvalue weighted by Gasteiger charge is -2.24. The third-order valence-electron chi connectivity index (χ3n) is 3.37. The molecule has 0 saturated carbocycles. The van der Waals surface area contributed by atoms with Gasteiger partial charge < -0.3 is 5.32 Å². The number of halogens is 2. The molecule has 0 radical (unpaired) electrons. The molecule has 0 fully saturated rings. The molecule has 0 aliphatic heterocycles. The average molecular weight is 344 g/mol. The molecule has 0 saturated heterocycles.